The number of amides is 1. The molecule has 1 unspecified atom stereocenters. The number of oxazole rings is 1. The summed E-state index contributed by atoms with van der Waals surface area (Å²) in [5.41, 5.74) is 1.02. The van der Waals surface area contributed by atoms with Gasteiger partial charge in [0.2, 0.25) is 5.91 Å². The van der Waals surface area contributed by atoms with Gasteiger partial charge in [-0.25, -0.2) is 4.98 Å². The highest BCUT2D eigenvalue weighted by Crippen LogP contribution is 2.29. The summed E-state index contributed by atoms with van der Waals surface area (Å²) in [7, 11) is 1.98. The number of likely N-dealkylation sites (N-methyl/N-ethyl adjacent to an activating group) is 1. The van der Waals surface area contributed by atoms with Crippen molar-refractivity contribution in [3.63, 3.8) is 0 Å². The molecule has 1 amide bonds. The molecule has 3 rings (SSSR count). The quantitative estimate of drug-likeness (QED) is 0.853. The SMILES string of the molecule is Cc1ocnc1CN1CCCC(N(C)C(=O)C2CCC2)C1. The van der Waals surface area contributed by atoms with Crippen molar-refractivity contribution in [2.45, 2.75) is 51.6 Å². The number of carbonyl (C=O) groups excluding carboxylic acids is 1. The summed E-state index contributed by atoms with van der Waals surface area (Å²) in [6, 6.07) is 0.346. The molecule has 5 nitrogen and oxygen atoms in total. The Morgan fingerprint density at radius 1 is 1.43 bits per heavy atom. The lowest BCUT2D eigenvalue weighted by molar-refractivity contribution is -0.140. The van der Waals surface area contributed by atoms with E-state index in [1.165, 1.54) is 12.8 Å². The van der Waals surface area contributed by atoms with Crippen molar-refractivity contribution in [1.29, 1.82) is 0 Å². The maximum Gasteiger partial charge on any atom is 0.225 e. The molecule has 0 spiro atoms. The van der Waals surface area contributed by atoms with Gasteiger partial charge in [0.15, 0.2) is 6.39 Å². The van der Waals surface area contributed by atoms with E-state index in [2.05, 4.69) is 9.88 Å². The third kappa shape index (κ3) is 3.12. The molecule has 0 radical (unpaired) electrons. The molecule has 0 N–H and O–H groups in total. The zero-order valence-corrected chi connectivity index (χ0v) is 13.0. The molecule has 1 aromatic heterocycles. The molecule has 0 aromatic carbocycles. The molecular weight excluding hydrogens is 266 g/mol. The summed E-state index contributed by atoms with van der Waals surface area (Å²) in [6.45, 7) is 4.80. The maximum absolute atomic E-state index is 12.4. The number of hydrogen-bond donors (Lipinski definition) is 0. The van der Waals surface area contributed by atoms with Crippen molar-refractivity contribution in [2.24, 2.45) is 5.92 Å². The highest BCUT2D eigenvalue weighted by Gasteiger charge is 2.33. The molecule has 1 aliphatic heterocycles. The van der Waals surface area contributed by atoms with E-state index in [0.717, 1.165) is 56.8 Å². The van der Waals surface area contributed by atoms with E-state index in [-0.39, 0.29) is 0 Å². The molecule has 116 valence electrons. The number of hydrogen-bond acceptors (Lipinski definition) is 4. The number of rotatable bonds is 4. The van der Waals surface area contributed by atoms with Gasteiger partial charge in [-0.05, 0) is 39.2 Å². The van der Waals surface area contributed by atoms with Gasteiger partial charge in [0.25, 0.3) is 0 Å². The first-order valence-electron chi connectivity index (χ1n) is 8.03. The summed E-state index contributed by atoms with van der Waals surface area (Å²) in [4.78, 5) is 21.1. The highest BCUT2D eigenvalue weighted by atomic mass is 16.3. The van der Waals surface area contributed by atoms with E-state index in [0.29, 0.717) is 17.9 Å². The first-order valence-corrected chi connectivity index (χ1v) is 8.03. The lowest BCUT2D eigenvalue weighted by Crippen LogP contribution is -2.50. The summed E-state index contributed by atoms with van der Waals surface area (Å²) < 4.78 is 5.27. The molecule has 2 heterocycles. The van der Waals surface area contributed by atoms with Crippen molar-refractivity contribution in [2.75, 3.05) is 20.1 Å². The Balaban J connectivity index is 1.57. The summed E-state index contributed by atoms with van der Waals surface area (Å²) >= 11 is 0. The smallest absolute Gasteiger partial charge is 0.225 e. The number of carbonyl (C=O) groups is 1. The van der Waals surface area contributed by atoms with E-state index in [4.69, 9.17) is 4.42 Å². The lowest BCUT2D eigenvalue weighted by atomic mass is 9.84. The maximum atomic E-state index is 12.4. The third-order valence-corrected chi connectivity index (χ3v) is 5.05. The van der Waals surface area contributed by atoms with Crippen LogP contribution in [0.5, 0.6) is 0 Å². The van der Waals surface area contributed by atoms with Gasteiger partial charge in [0.05, 0.1) is 5.69 Å². The normalized spacial score (nSPS) is 23.8. The van der Waals surface area contributed by atoms with Gasteiger partial charge >= 0.3 is 0 Å². The zero-order chi connectivity index (χ0) is 14.8. The monoisotopic (exact) mass is 291 g/mol. The molecule has 2 aliphatic rings. The van der Waals surface area contributed by atoms with Crippen molar-refractivity contribution in [3.8, 4) is 0 Å². The standard InChI is InChI=1S/C16H25N3O2/c1-12-15(17-11-21-12)10-19-8-4-7-14(9-19)18(2)16(20)13-5-3-6-13/h11,13-14H,3-10H2,1-2H3. The van der Waals surface area contributed by atoms with Crippen molar-refractivity contribution in [1.82, 2.24) is 14.8 Å². The molecular formula is C16H25N3O2. The van der Waals surface area contributed by atoms with Crippen molar-refractivity contribution < 1.29 is 9.21 Å². The minimum Gasteiger partial charge on any atom is -0.448 e. The van der Waals surface area contributed by atoms with Crippen LogP contribution in [0.3, 0.4) is 0 Å². The Hall–Kier alpha value is -1.36. The minimum absolute atomic E-state index is 0.295. The molecule has 21 heavy (non-hydrogen) atoms. The van der Waals surface area contributed by atoms with Crippen LogP contribution in [0.4, 0.5) is 0 Å². The molecule has 1 aromatic rings. The Morgan fingerprint density at radius 2 is 2.24 bits per heavy atom. The Kier molecular flexibility index (Phi) is 4.29. The summed E-state index contributed by atoms with van der Waals surface area (Å²) in [6.07, 6.45) is 7.15. The van der Waals surface area contributed by atoms with Crippen LogP contribution in [0.2, 0.25) is 0 Å². The van der Waals surface area contributed by atoms with Gasteiger partial charge in [-0.2, -0.15) is 0 Å². The van der Waals surface area contributed by atoms with Gasteiger partial charge in [-0.15, -0.1) is 0 Å². The summed E-state index contributed by atoms with van der Waals surface area (Å²) in [5, 5.41) is 0. The van der Waals surface area contributed by atoms with E-state index in [1.54, 1.807) is 0 Å². The topological polar surface area (TPSA) is 49.6 Å². The highest BCUT2D eigenvalue weighted by molar-refractivity contribution is 5.79. The Labute approximate surface area is 126 Å². The molecule has 1 atom stereocenters. The van der Waals surface area contributed by atoms with Crippen LogP contribution >= 0.6 is 0 Å². The third-order valence-electron chi connectivity index (χ3n) is 5.05. The summed E-state index contributed by atoms with van der Waals surface area (Å²) in [5.74, 6) is 1.55. The van der Waals surface area contributed by atoms with E-state index in [1.807, 2.05) is 18.9 Å². The predicted molar refractivity (Wildman–Crippen MR) is 79.7 cm³/mol. The fraction of sp³-hybridized carbons (Fsp3) is 0.750. The van der Waals surface area contributed by atoms with Crippen LogP contribution in [0.15, 0.2) is 10.8 Å². The minimum atomic E-state index is 0.295. The molecule has 1 saturated carbocycles. The number of nitrogens with zero attached hydrogens (tertiary/aromatic N) is 3. The van der Waals surface area contributed by atoms with E-state index in [9.17, 15) is 4.79 Å². The average molecular weight is 291 g/mol. The van der Waals surface area contributed by atoms with Gasteiger partial charge in [-0.1, -0.05) is 6.42 Å². The van der Waals surface area contributed by atoms with Gasteiger partial charge < -0.3 is 9.32 Å². The van der Waals surface area contributed by atoms with Crippen LogP contribution in [0, 0.1) is 12.8 Å². The zero-order valence-electron chi connectivity index (χ0n) is 13.0. The first-order chi connectivity index (χ1) is 10.1. The van der Waals surface area contributed by atoms with Crippen molar-refractivity contribution >= 4 is 5.91 Å². The van der Waals surface area contributed by atoms with Crippen LogP contribution in [0.25, 0.3) is 0 Å². The lowest BCUT2D eigenvalue weighted by Gasteiger charge is -2.40. The average Bonchev–Trinajstić information content (AvgIpc) is 2.82. The molecule has 1 aliphatic carbocycles. The van der Waals surface area contributed by atoms with Crippen LogP contribution < -0.4 is 0 Å². The number of likely N-dealkylation sites (tertiary alicyclic amines) is 1. The van der Waals surface area contributed by atoms with E-state index < -0.39 is 0 Å². The fourth-order valence-electron chi connectivity index (χ4n) is 3.31. The number of piperidine rings is 1. The number of aryl methyl sites for hydroxylation is 1. The van der Waals surface area contributed by atoms with Crippen LogP contribution in [-0.4, -0.2) is 46.9 Å². The number of aromatic nitrogens is 1. The van der Waals surface area contributed by atoms with Gasteiger partial charge in [0, 0.05) is 32.1 Å². The van der Waals surface area contributed by atoms with E-state index >= 15 is 0 Å². The first kappa shape index (κ1) is 14.6. The van der Waals surface area contributed by atoms with Gasteiger partial charge in [-0.3, -0.25) is 9.69 Å². The van der Waals surface area contributed by atoms with Crippen LogP contribution in [-0.2, 0) is 11.3 Å². The second kappa shape index (κ2) is 6.18. The Morgan fingerprint density at radius 3 is 2.86 bits per heavy atom. The Bertz CT molecular complexity index is 495. The largest absolute Gasteiger partial charge is 0.448 e. The fourth-order valence-corrected chi connectivity index (χ4v) is 3.31. The molecule has 2 fully saturated rings. The molecule has 1 saturated heterocycles. The van der Waals surface area contributed by atoms with Gasteiger partial charge in [0.1, 0.15) is 5.76 Å². The second-order valence-corrected chi connectivity index (χ2v) is 6.46. The predicted octanol–water partition coefficient (Wildman–Crippen LogP) is 2.21. The second-order valence-electron chi connectivity index (χ2n) is 6.46. The van der Waals surface area contributed by atoms with Crippen LogP contribution in [0.1, 0.15) is 43.6 Å². The molecule has 0 bridgehead atoms. The molecule has 5 heteroatoms. The van der Waals surface area contributed by atoms with Crippen molar-refractivity contribution in [3.05, 3.63) is 17.8 Å².